The molecule has 2 atom stereocenters. The molecule has 0 amide bonds. The zero-order chi connectivity index (χ0) is 12.8. The molecule has 0 radical (unpaired) electrons. The van der Waals surface area contributed by atoms with Crippen LogP contribution in [-0.4, -0.2) is 24.5 Å². The summed E-state index contributed by atoms with van der Waals surface area (Å²) in [6, 6.07) is 6.22. The maximum atomic E-state index is 8.88. The largest absolute Gasteiger partial charge is 0.465 e. The van der Waals surface area contributed by atoms with Gasteiger partial charge in [-0.1, -0.05) is 6.92 Å². The van der Waals surface area contributed by atoms with E-state index in [9.17, 15) is 0 Å². The highest BCUT2D eigenvalue weighted by molar-refractivity contribution is 5.10. The smallest absolute Gasteiger partial charge is 0.122 e. The van der Waals surface area contributed by atoms with Gasteiger partial charge in [0.25, 0.3) is 0 Å². The number of nitriles is 1. The third kappa shape index (κ3) is 3.58. The average Bonchev–Trinajstić information content (AvgIpc) is 2.75. The van der Waals surface area contributed by atoms with Crippen LogP contribution in [0.15, 0.2) is 16.5 Å². The first-order valence-electron chi connectivity index (χ1n) is 6.02. The van der Waals surface area contributed by atoms with Crippen LogP contribution >= 0.6 is 0 Å². The van der Waals surface area contributed by atoms with Crippen LogP contribution in [0.4, 0.5) is 0 Å². The number of hydrogen-bond donors (Lipinski definition) is 1. The van der Waals surface area contributed by atoms with Crippen LogP contribution in [0.1, 0.15) is 31.4 Å². The van der Waals surface area contributed by atoms with Crippen LogP contribution in [0.5, 0.6) is 0 Å². The predicted octanol–water partition coefficient (Wildman–Crippen LogP) is 2.07. The summed E-state index contributed by atoms with van der Waals surface area (Å²) in [5.41, 5.74) is 5.82. The van der Waals surface area contributed by atoms with Crippen molar-refractivity contribution in [3.8, 4) is 6.07 Å². The molecule has 0 fully saturated rings. The second kappa shape index (κ2) is 6.43. The molecule has 0 bridgehead atoms. The van der Waals surface area contributed by atoms with E-state index in [0.29, 0.717) is 13.1 Å². The van der Waals surface area contributed by atoms with Crippen LogP contribution in [0.2, 0.25) is 0 Å². The number of aryl methyl sites for hydroxylation is 1. The van der Waals surface area contributed by atoms with Gasteiger partial charge in [-0.2, -0.15) is 5.26 Å². The lowest BCUT2D eigenvalue weighted by molar-refractivity contribution is 0.175. The average molecular weight is 235 g/mol. The Morgan fingerprint density at radius 1 is 1.53 bits per heavy atom. The van der Waals surface area contributed by atoms with Gasteiger partial charge in [0, 0.05) is 13.1 Å². The van der Waals surface area contributed by atoms with Crippen molar-refractivity contribution in [1.29, 1.82) is 5.26 Å². The maximum Gasteiger partial charge on any atom is 0.122 e. The molecular formula is C13H21N3O. The number of hydrogen-bond acceptors (Lipinski definition) is 4. The van der Waals surface area contributed by atoms with E-state index < -0.39 is 0 Å². The molecule has 0 saturated heterocycles. The molecule has 1 aromatic heterocycles. The summed E-state index contributed by atoms with van der Waals surface area (Å²) >= 11 is 0. The van der Waals surface area contributed by atoms with E-state index in [-0.39, 0.29) is 12.0 Å². The van der Waals surface area contributed by atoms with Crippen molar-refractivity contribution in [3.63, 3.8) is 0 Å². The van der Waals surface area contributed by atoms with Gasteiger partial charge in [0.2, 0.25) is 0 Å². The third-order valence-corrected chi connectivity index (χ3v) is 2.89. The van der Waals surface area contributed by atoms with Crippen LogP contribution in [-0.2, 0) is 0 Å². The molecule has 4 nitrogen and oxygen atoms in total. The van der Waals surface area contributed by atoms with E-state index in [0.717, 1.165) is 18.1 Å². The molecule has 2 unspecified atom stereocenters. The summed E-state index contributed by atoms with van der Waals surface area (Å²) in [5, 5.41) is 8.88. The Balaban J connectivity index is 2.80. The zero-order valence-corrected chi connectivity index (χ0v) is 10.8. The first kappa shape index (κ1) is 13.8. The van der Waals surface area contributed by atoms with Gasteiger partial charge in [-0.3, -0.25) is 4.90 Å². The Morgan fingerprint density at radius 2 is 2.24 bits per heavy atom. The zero-order valence-electron chi connectivity index (χ0n) is 10.8. The Kier molecular flexibility index (Phi) is 5.20. The molecule has 0 spiro atoms. The molecule has 0 aliphatic carbocycles. The monoisotopic (exact) mass is 235 g/mol. The Hall–Kier alpha value is -1.31. The van der Waals surface area contributed by atoms with Crippen molar-refractivity contribution < 1.29 is 4.42 Å². The lowest BCUT2D eigenvalue weighted by Crippen LogP contribution is -2.36. The fourth-order valence-corrected chi connectivity index (χ4v) is 1.95. The molecule has 0 saturated carbocycles. The van der Waals surface area contributed by atoms with Gasteiger partial charge < -0.3 is 10.2 Å². The second-order valence-electron chi connectivity index (χ2n) is 4.32. The normalized spacial score (nSPS) is 14.6. The van der Waals surface area contributed by atoms with Crippen molar-refractivity contribution >= 4 is 0 Å². The number of rotatable bonds is 6. The van der Waals surface area contributed by atoms with Gasteiger partial charge in [0.15, 0.2) is 0 Å². The molecule has 2 N–H and O–H groups in total. The number of nitrogens with two attached hydrogens (primary N) is 1. The summed E-state index contributed by atoms with van der Waals surface area (Å²) in [7, 11) is 0. The van der Waals surface area contributed by atoms with Gasteiger partial charge in [-0.15, -0.1) is 0 Å². The molecule has 0 aromatic carbocycles. The van der Waals surface area contributed by atoms with Crippen LogP contribution < -0.4 is 5.73 Å². The number of likely N-dealkylation sites (N-methyl/N-ethyl adjacent to an activating group) is 1. The fraction of sp³-hybridized carbons (Fsp3) is 0.615. The topological polar surface area (TPSA) is 66.2 Å². The van der Waals surface area contributed by atoms with E-state index in [1.54, 1.807) is 0 Å². The molecule has 17 heavy (non-hydrogen) atoms. The molecule has 1 rings (SSSR count). The van der Waals surface area contributed by atoms with E-state index in [2.05, 4.69) is 17.9 Å². The first-order chi connectivity index (χ1) is 8.12. The summed E-state index contributed by atoms with van der Waals surface area (Å²) in [4.78, 5) is 2.19. The molecular weight excluding hydrogens is 214 g/mol. The van der Waals surface area contributed by atoms with Crippen LogP contribution in [0.3, 0.4) is 0 Å². The third-order valence-electron chi connectivity index (χ3n) is 2.89. The molecule has 0 aliphatic heterocycles. The highest BCUT2D eigenvalue weighted by Gasteiger charge is 2.22. The SMILES string of the molecule is CCN(CC(C)C#N)C(CN)c1ccc(C)o1. The van der Waals surface area contributed by atoms with Gasteiger partial charge in [-0.25, -0.2) is 0 Å². The maximum absolute atomic E-state index is 8.88. The minimum absolute atomic E-state index is 0.0000548. The molecule has 4 heteroatoms. The minimum atomic E-state index is 0.0000548. The standard InChI is InChI=1S/C13H21N3O/c1-4-16(9-10(2)7-14)12(8-15)13-6-5-11(3)17-13/h5-6,10,12H,4,8-9,15H2,1-3H3. The van der Waals surface area contributed by atoms with E-state index in [1.807, 2.05) is 26.0 Å². The van der Waals surface area contributed by atoms with Gasteiger partial charge in [-0.05, 0) is 32.5 Å². The summed E-state index contributed by atoms with van der Waals surface area (Å²) in [6.07, 6.45) is 0. The van der Waals surface area contributed by atoms with E-state index in [4.69, 9.17) is 15.4 Å². The van der Waals surface area contributed by atoms with Crippen LogP contribution in [0, 0.1) is 24.2 Å². The van der Waals surface area contributed by atoms with E-state index in [1.165, 1.54) is 0 Å². The summed E-state index contributed by atoms with van der Waals surface area (Å²) in [5.74, 6) is 1.78. The highest BCUT2D eigenvalue weighted by atomic mass is 16.3. The molecule has 1 heterocycles. The highest BCUT2D eigenvalue weighted by Crippen LogP contribution is 2.22. The lowest BCUT2D eigenvalue weighted by atomic mass is 10.1. The van der Waals surface area contributed by atoms with Crippen molar-refractivity contribution in [2.45, 2.75) is 26.8 Å². The molecule has 1 aromatic rings. The second-order valence-corrected chi connectivity index (χ2v) is 4.32. The first-order valence-corrected chi connectivity index (χ1v) is 6.02. The van der Waals surface area contributed by atoms with Crippen molar-refractivity contribution in [3.05, 3.63) is 23.7 Å². The minimum Gasteiger partial charge on any atom is -0.465 e. The quantitative estimate of drug-likeness (QED) is 0.819. The van der Waals surface area contributed by atoms with Gasteiger partial charge in [0.1, 0.15) is 11.5 Å². The molecule has 0 aliphatic rings. The van der Waals surface area contributed by atoms with Crippen molar-refractivity contribution in [1.82, 2.24) is 4.90 Å². The summed E-state index contributed by atoms with van der Waals surface area (Å²) < 4.78 is 5.63. The fourth-order valence-electron chi connectivity index (χ4n) is 1.95. The Labute approximate surface area is 103 Å². The lowest BCUT2D eigenvalue weighted by Gasteiger charge is -2.29. The van der Waals surface area contributed by atoms with Crippen molar-refractivity contribution in [2.75, 3.05) is 19.6 Å². The Morgan fingerprint density at radius 3 is 2.65 bits per heavy atom. The molecule has 94 valence electrons. The number of furan rings is 1. The summed E-state index contributed by atoms with van der Waals surface area (Å²) in [6.45, 7) is 7.98. The van der Waals surface area contributed by atoms with Gasteiger partial charge >= 0.3 is 0 Å². The number of nitrogens with zero attached hydrogens (tertiary/aromatic N) is 2. The van der Waals surface area contributed by atoms with Crippen LogP contribution in [0.25, 0.3) is 0 Å². The van der Waals surface area contributed by atoms with Crippen molar-refractivity contribution in [2.24, 2.45) is 11.7 Å². The van der Waals surface area contributed by atoms with Gasteiger partial charge in [0.05, 0.1) is 18.0 Å². The Bertz CT molecular complexity index is 380. The van der Waals surface area contributed by atoms with E-state index >= 15 is 0 Å². The predicted molar refractivity (Wildman–Crippen MR) is 67.3 cm³/mol.